The van der Waals surface area contributed by atoms with E-state index in [9.17, 15) is 32.3 Å². The van der Waals surface area contributed by atoms with Gasteiger partial charge >= 0.3 is 30.0 Å². The van der Waals surface area contributed by atoms with Crippen LogP contribution in [-0.4, -0.2) is 71.1 Å². The monoisotopic (exact) mass is 754 g/mol. The van der Waals surface area contributed by atoms with E-state index in [-0.39, 0.29) is 30.4 Å². The van der Waals surface area contributed by atoms with Crippen molar-refractivity contribution >= 4 is 58.6 Å². The Morgan fingerprint density at radius 1 is 0.868 bits per heavy atom. The van der Waals surface area contributed by atoms with E-state index >= 15 is 0 Å². The first kappa shape index (κ1) is 38.3. The summed E-state index contributed by atoms with van der Waals surface area (Å²) < 4.78 is 48.4. The molecule has 0 bridgehead atoms. The normalized spacial score (nSPS) is 13.5. The second-order valence-corrected chi connectivity index (χ2v) is 12.4. The summed E-state index contributed by atoms with van der Waals surface area (Å²) in [7, 11) is 1.14. The van der Waals surface area contributed by atoms with Gasteiger partial charge in [-0.25, -0.2) is 4.79 Å². The number of hydrogen-bond donors (Lipinski definition) is 5. The molecular weight excluding hydrogens is 721 g/mol. The van der Waals surface area contributed by atoms with E-state index < -0.39 is 54.1 Å². The molecule has 14 nitrogen and oxygen atoms in total. The van der Waals surface area contributed by atoms with Gasteiger partial charge < -0.3 is 36.1 Å². The number of methoxy groups -OCH3 is 1. The minimum Gasteiger partial charge on any atom is -0.467 e. The number of rotatable bonds is 14. The molecule has 0 saturated heterocycles. The van der Waals surface area contributed by atoms with Gasteiger partial charge in [0.05, 0.1) is 12.6 Å². The number of nitrogens with one attached hydrogen (secondary N) is 5. The predicted molar refractivity (Wildman–Crippen MR) is 188 cm³/mol. The summed E-state index contributed by atoms with van der Waals surface area (Å²) in [5.74, 6) is -3.43. The Balaban J connectivity index is 1.21. The molecule has 1 heterocycles. The van der Waals surface area contributed by atoms with Gasteiger partial charge in [0.2, 0.25) is 11.9 Å². The van der Waals surface area contributed by atoms with Crippen molar-refractivity contribution < 1.29 is 41.8 Å². The van der Waals surface area contributed by atoms with Gasteiger partial charge in [0.1, 0.15) is 6.04 Å². The number of carbonyl (C=O) groups is 4. The van der Waals surface area contributed by atoms with Crippen molar-refractivity contribution in [2.24, 2.45) is 0 Å². The highest BCUT2D eigenvalue weighted by Crippen LogP contribution is 2.48. The molecule has 3 aromatic carbocycles. The van der Waals surface area contributed by atoms with E-state index in [1.54, 1.807) is 36.4 Å². The van der Waals surface area contributed by atoms with Crippen molar-refractivity contribution in [3.05, 3.63) is 94.5 Å². The molecule has 5 N–H and O–H groups in total. The molecule has 0 aliphatic heterocycles. The molecule has 1 aliphatic rings. The van der Waals surface area contributed by atoms with Crippen LogP contribution in [0.15, 0.2) is 72.8 Å². The number of carbonyl (C=O) groups excluding carboxylic acids is 4. The van der Waals surface area contributed by atoms with E-state index in [4.69, 9.17) is 21.1 Å². The molecule has 5 rings (SSSR count). The predicted octanol–water partition coefficient (Wildman–Crippen LogP) is 5.04. The zero-order valence-corrected chi connectivity index (χ0v) is 29.1. The zero-order chi connectivity index (χ0) is 38.2. The summed E-state index contributed by atoms with van der Waals surface area (Å²) in [6.45, 7) is 0.119. The molecule has 0 spiro atoms. The van der Waals surface area contributed by atoms with Crippen LogP contribution in [0.2, 0.25) is 5.02 Å². The largest absolute Gasteiger partial charge is 0.467 e. The summed E-state index contributed by atoms with van der Waals surface area (Å²) in [6.07, 6.45) is -3.30. The molecule has 3 amide bonds. The van der Waals surface area contributed by atoms with Crippen molar-refractivity contribution in [3.63, 3.8) is 0 Å². The molecular formula is C35H34ClF3N8O6. The summed E-state index contributed by atoms with van der Waals surface area (Å²) in [5, 5.41) is 14.0. The van der Waals surface area contributed by atoms with Gasteiger partial charge in [-0.2, -0.15) is 28.1 Å². The van der Waals surface area contributed by atoms with Gasteiger partial charge in [0.15, 0.2) is 6.61 Å². The Hall–Kier alpha value is -5.97. The SMILES string of the molecule is COC(=O)[C@H](CCNC(=O)C(=O)Nc1ccc(C)cc1)NC(=O)c1ccc(Nc2nc(NC3(c4ccc(Cl)cc4)CC3)nc(OCC(F)(F)F)n2)cc1. The molecule has 1 aliphatic carbocycles. The first-order chi connectivity index (χ1) is 25.2. The number of aryl methyl sites for hydroxylation is 1. The smallest absolute Gasteiger partial charge is 0.422 e. The molecule has 4 aromatic rings. The lowest BCUT2D eigenvalue weighted by Gasteiger charge is -2.19. The molecule has 18 heteroatoms. The average Bonchev–Trinajstić information content (AvgIpc) is 3.91. The first-order valence-electron chi connectivity index (χ1n) is 16.1. The lowest BCUT2D eigenvalue weighted by molar-refractivity contribution is -0.154. The van der Waals surface area contributed by atoms with Crippen LogP contribution in [0.3, 0.4) is 0 Å². The molecule has 1 aromatic heterocycles. The fourth-order valence-corrected chi connectivity index (χ4v) is 5.10. The van der Waals surface area contributed by atoms with Gasteiger partial charge in [-0.3, -0.25) is 14.4 Å². The number of halogens is 4. The van der Waals surface area contributed by atoms with Crippen LogP contribution in [0.1, 0.15) is 40.7 Å². The number of alkyl halides is 3. The third-order valence-electron chi connectivity index (χ3n) is 7.91. The van der Waals surface area contributed by atoms with Crippen LogP contribution in [0.5, 0.6) is 6.01 Å². The number of anilines is 4. The van der Waals surface area contributed by atoms with Crippen molar-refractivity contribution in [2.45, 2.75) is 43.9 Å². The molecule has 1 fully saturated rings. The van der Waals surface area contributed by atoms with Gasteiger partial charge in [0, 0.05) is 28.5 Å². The van der Waals surface area contributed by atoms with Crippen molar-refractivity contribution in [1.29, 1.82) is 0 Å². The van der Waals surface area contributed by atoms with Gasteiger partial charge in [-0.05, 0) is 80.3 Å². The topological polar surface area (TPSA) is 186 Å². The summed E-state index contributed by atoms with van der Waals surface area (Å²) in [6, 6.07) is 18.0. The molecule has 278 valence electrons. The highest BCUT2D eigenvalue weighted by Gasteiger charge is 2.45. The number of ether oxygens (including phenoxy) is 2. The van der Waals surface area contributed by atoms with E-state index in [1.807, 2.05) is 19.1 Å². The number of aromatic nitrogens is 3. The molecule has 0 radical (unpaired) electrons. The lowest BCUT2D eigenvalue weighted by Crippen LogP contribution is -2.44. The van der Waals surface area contributed by atoms with Crippen molar-refractivity contribution in [1.82, 2.24) is 25.6 Å². The number of hydrogen-bond acceptors (Lipinski definition) is 11. The van der Waals surface area contributed by atoms with Crippen LogP contribution in [0.4, 0.5) is 36.4 Å². The van der Waals surface area contributed by atoms with Crippen LogP contribution >= 0.6 is 11.6 Å². The molecule has 0 unspecified atom stereocenters. The number of esters is 1. The third kappa shape index (κ3) is 11.0. The number of benzene rings is 3. The lowest BCUT2D eigenvalue weighted by atomic mass is 10.1. The summed E-state index contributed by atoms with van der Waals surface area (Å²) >= 11 is 6.02. The first-order valence-corrected chi connectivity index (χ1v) is 16.5. The fourth-order valence-electron chi connectivity index (χ4n) is 4.97. The zero-order valence-electron chi connectivity index (χ0n) is 28.3. The summed E-state index contributed by atoms with van der Waals surface area (Å²) in [4.78, 5) is 62.3. The van der Waals surface area contributed by atoms with Crippen LogP contribution in [0.25, 0.3) is 0 Å². The van der Waals surface area contributed by atoms with Crippen LogP contribution in [0, 0.1) is 6.92 Å². The quantitative estimate of drug-likeness (QED) is 0.0859. The fraction of sp³-hybridized carbons (Fsp3) is 0.286. The third-order valence-corrected chi connectivity index (χ3v) is 8.16. The molecule has 1 atom stereocenters. The molecule has 53 heavy (non-hydrogen) atoms. The Bertz CT molecular complexity index is 1940. The Labute approximate surface area is 306 Å². The highest BCUT2D eigenvalue weighted by molar-refractivity contribution is 6.39. The van der Waals surface area contributed by atoms with E-state index in [0.29, 0.717) is 29.2 Å². The second kappa shape index (κ2) is 16.6. The van der Waals surface area contributed by atoms with E-state index in [0.717, 1.165) is 18.2 Å². The van der Waals surface area contributed by atoms with Gasteiger partial charge in [0.25, 0.3) is 5.91 Å². The van der Waals surface area contributed by atoms with Crippen LogP contribution in [-0.2, 0) is 24.7 Å². The maximum Gasteiger partial charge on any atom is 0.422 e. The summed E-state index contributed by atoms with van der Waals surface area (Å²) in [5.41, 5.74) is 2.24. The number of nitrogens with zero attached hydrogens (tertiary/aromatic N) is 3. The van der Waals surface area contributed by atoms with E-state index in [1.165, 1.54) is 24.3 Å². The Morgan fingerprint density at radius 3 is 2.13 bits per heavy atom. The standard InChI is InChI=1S/C35H34ClF3N8O6/c1-20-3-11-24(12-4-20)41-29(50)28(49)40-18-15-26(30(51)52-2)43-27(48)21-5-13-25(14-6-21)42-31-44-32(46-33(45-31)53-19-35(37,38)39)47-34(16-17-34)22-7-9-23(36)10-8-22/h3-14,26H,15-19H2,1-2H3,(H,40,49)(H,41,50)(H,43,48)(H2,42,44,45,46,47)/t26-/m0/s1. The second-order valence-electron chi connectivity index (χ2n) is 12.0. The maximum atomic E-state index is 13.0. The Kier molecular flexibility index (Phi) is 12.0. The minimum atomic E-state index is -4.63. The van der Waals surface area contributed by atoms with Crippen LogP contribution < -0.4 is 31.3 Å². The Morgan fingerprint density at radius 2 is 1.51 bits per heavy atom. The minimum absolute atomic E-state index is 0.0277. The maximum absolute atomic E-state index is 13.0. The van der Waals surface area contributed by atoms with Crippen molar-refractivity contribution in [3.8, 4) is 6.01 Å². The van der Waals surface area contributed by atoms with Crippen molar-refractivity contribution in [2.75, 3.05) is 36.2 Å². The van der Waals surface area contributed by atoms with Gasteiger partial charge in [-0.1, -0.05) is 41.4 Å². The molecule has 1 saturated carbocycles. The van der Waals surface area contributed by atoms with Gasteiger partial charge in [-0.15, -0.1) is 0 Å². The highest BCUT2D eigenvalue weighted by atomic mass is 35.5. The number of amides is 3. The van der Waals surface area contributed by atoms with E-state index in [2.05, 4.69) is 41.5 Å². The average molecular weight is 755 g/mol.